The van der Waals surface area contributed by atoms with Gasteiger partial charge in [0.2, 0.25) is 5.91 Å². The summed E-state index contributed by atoms with van der Waals surface area (Å²) >= 11 is 3.39. The molecule has 38 heavy (non-hydrogen) atoms. The van der Waals surface area contributed by atoms with Gasteiger partial charge in [-0.2, -0.15) is 0 Å². The summed E-state index contributed by atoms with van der Waals surface area (Å²) in [5.74, 6) is -2.09. The minimum absolute atomic E-state index is 0.0967. The summed E-state index contributed by atoms with van der Waals surface area (Å²) in [5, 5.41) is 13.8. The molecule has 200 valence electrons. The highest BCUT2D eigenvalue weighted by Gasteiger charge is 2.50. The molecule has 0 aliphatic carbocycles. The van der Waals surface area contributed by atoms with Gasteiger partial charge in [0, 0.05) is 21.5 Å². The monoisotopic (exact) mass is 583 g/mol. The van der Waals surface area contributed by atoms with E-state index >= 15 is 4.39 Å². The average Bonchev–Trinajstić information content (AvgIpc) is 2.91. The fourth-order valence-corrected chi connectivity index (χ4v) is 5.36. The third-order valence-corrected chi connectivity index (χ3v) is 7.38. The highest BCUT2D eigenvalue weighted by atomic mass is 79.9. The summed E-state index contributed by atoms with van der Waals surface area (Å²) in [5.41, 5.74) is 0.220. The van der Waals surface area contributed by atoms with E-state index in [9.17, 15) is 14.7 Å². The molecule has 0 unspecified atom stereocenters. The largest absolute Gasteiger partial charge is 0.393 e. The van der Waals surface area contributed by atoms with E-state index in [1.165, 1.54) is 6.07 Å². The molecule has 1 saturated heterocycles. The topological polar surface area (TPSA) is 84.9 Å². The molecule has 0 spiro atoms. The first kappa shape index (κ1) is 28.1. The van der Waals surface area contributed by atoms with Gasteiger partial charge in [0.1, 0.15) is 5.82 Å². The Labute approximate surface area is 230 Å². The van der Waals surface area contributed by atoms with Gasteiger partial charge in [-0.3, -0.25) is 9.59 Å². The maximum Gasteiger partial charge on any atom is 0.228 e. The van der Waals surface area contributed by atoms with Crippen LogP contribution in [0.1, 0.15) is 41.3 Å². The number of carbonyl (C=O) groups excluding carboxylic acids is 2. The van der Waals surface area contributed by atoms with Crippen LogP contribution < -0.4 is 5.32 Å². The fourth-order valence-electron chi connectivity index (χ4n) is 4.99. The molecule has 1 heterocycles. The molecule has 1 fully saturated rings. The molecule has 4 atom stereocenters. The van der Waals surface area contributed by atoms with Gasteiger partial charge in [0.15, 0.2) is 5.78 Å². The zero-order valence-corrected chi connectivity index (χ0v) is 22.7. The number of ether oxygens (including phenoxy) is 2. The number of halogens is 2. The van der Waals surface area contributed by atoms with E-state index in [2.05, 4.69) is 21.2 Å². The quantitative estimate of drug-likeness (QED) is 0.254. The minimum atomic E-state index is -1.40. The number of hydrogen-bond acceptors (Lipinski definition) is 5. The maximum atomic E-state index is 15.3. The number of hydrogen-bond donors (Lipinski definition) is 2. The van der Waals surface area contributed by atoms with Crippen LogP contribution in [0.25, 0.3) is 0 Å². The summed E-state index contributed by atoms with van der Waals surface area (Å²) < 4.78 is 27.9. The first-order valence-corrected chi connectivity index (χ1v) is 13.3. The van der Waals surface area contributed by atoms with Gasteiger partial charge in [-0.05, 0) is 37.1 Å². The molecular formula is C30H31BrFNO5. The standard InChI is InChI=1S/C30H31BrFNO5/c1-20(34)25-15-24(18-37-17-21-8-4-2-5-9-21)38-19-30(25,26-14-23(31)12-13-27(26)32)33-29(36)16-28(35)22-10-6-3-7-11-22/h2-14,20,24-25,34H,15-19H2,1H3,(H,33,36)/t20-,24+,25-,30-/m0/s1. The molecular weight excluding hydrogens is 553 g/mol. The van der Waals surface area contributed by atoms with Crippen LogP contribution in [0.5, 0.6) is 0 Å². The third-order valence-electron chi connectivity index (χ3n) is 6.88. The first-order chi connectivity index (χ1) is 18.3. The second-order valence-corrected chi connectivity index (χ2v) is 10.5. The number of carbonyl (C=O) groups is 2. The van der Waals surface area contributed by atoms with Crippen LogP contribution >= 0.6 is 15.9 Å². The summed E-state index contributed by atoms with van der Waals surface area (Å²) in [7, 11) is 0. The van der Waals surface area contributed by atoms with Crippen molar-refractivity contribution in [1.82, 2.24) is 5.32 Å². The Morgan fingerprint density at radius 3 is 2.50 bits per heavy atom. The summed E-state index contributed by atoms with van der Waals surface area (Å²) in [6.45, 7) is 2.20. The van der Waals surface area contributed by atoms with Crippen molar-refractivity contribution in [2.75, 3.05) is 13.2 Å². The Balaban J connectivity index is 1.56. The van der Waals surface area contributed by atoms with Gasteiger partial charge in [-0.15, -0.1) is 0 Å². The summed E-state index contributed by atoms with van der Waals surface area (Å²) in [6, 6.07) is 22.7. The Hall–Kier alpha value is -2.91. The lowest BCUT2D eigenvalue weighted by molar-refractivity contribution is -0.144. The highest BCUT2D eigenvalue weighted by molar-refractivity contribution is 9.10. The number of ketones is 1. The number of rotatable bonds is 10. The van der Waals surface area contributed by atoms with Crippen LogP contribution in [0.4, 0.5) is 4.39 Å². The van der Waals surface area contributed by atoms with Crippen LogP contribution in [0.15, 0.2) is 83.3 Å². The molecule has 3 aromatic carbocycles. The molecule has 8 heteroatoms. The molecule has 6 nitrogen and oxygen atoms in total. The number of benzene rings is 3. The molecule has 0 radical (unpaired) electrons. The van der Waals surface area contributed by atoms with E-state index < -0.39 is 35.7 Å². The smallest absolute Gasteiger partial charge is 0.228 e. The lowest BCUT2D eigenvalue weighted by atomic mass is 9.71. The number of aliphatic hydroxyl groups excluding tert-OH is 1. The van der Waals surface area contributed by atoms with Crippen LogP contribution in [-0.2, 0) is 26.4 Å². The summed E-state index contributed by atoms with van der Waals surface area (Å²) in [4.78, 5) is 25.9. The first-order valence-electron chi connectivity index (χ1n) is 12.5. The number of nitrogens with one attached hydrogen (secondary N) is 1. The zero-order valence-electron chi connectivity index (χ0n) is 21.1. The van der Waals surface area contributed by atoms with Crippen LogP contribution in [0.3, 0.4) is 0 Å². The van der Waals surface area contributed by atoms with E-state index in [1.807, 2.05) is 30.3 Å². The molecule has 1 amide bonds. The molecule has 1 aliphatic rings. The molecule has 1 aliphatic heterocycles. The molecule has 2 N–H and O–H groups in total. The van der Waals surface area contributed by atoms with Crippen molar-refractivity contribution in [1.29, 1.82) is 0 Å². The Bertz CT molecular complexity index is 1240. The summed E-state index contributed by atoms with van der Waals surface area (Å²) in [6.07, 6.45) is -1.40. The van der Waals surface area contributed by atoms with Crippen molar-refractivity contribution < 1.29 is 28.6 Å². The lowest BCUT2D eigenvalue weighted by Gasteiger charge is -2.48. The third kappa shape index (κ3) is 6.74. The Morgan fingerprint density at radius 1 is 1.13 bits per heavy atom. The highest BCUT2D eigenvalue weighted by Crippen LogP contribution is 2.42. The second kappa shape index (κ2) is 12.8. The van der Waals surface area contributed by atoms with E-state index in [0.29, 0.717) is 23.1 Å². The normalized spacial score (nSPS) is 22.0. The zero-order chi connectivity index (χ0) is 27.1. The van der Waals surface area contributed by atoms with E-state index in [1.54, 1.807) is 49.4 Å². The van der Waals surface area contributed by atoms with Crippen molar-refractivity contribution in [3.63, 3.8) is 0 Å². The molecule has 3 aromatic rings. The fraction of sp³-hybridized carbons (Fsp3) is 0.333. The maximum absolute atomic E-state index is 15.3. The molecule has 0 aromatic heterocycles. The number of aliphatic hydroxyl groups is 1. The Kier molecular flexibility index (Phi) is 9.44. The van der Waals surface area contributed by atoms with Gasteiger partial charge in [0.05, 0.1) is 44.0 Å². The Morgan fingerprint density at radius 2 is 1.82 bits per heavy atom. The predicted octanol–water partition coefficient (Wildman–Crippen LogP) is 5.18. The SMILES string of the molecule is C[C@H](O)[C@@H]1C[C@H](COCc2ccccc2)OC[C@@]1(NC(=O)CC(=O)c1ccccc1)c1cc(Br)ccc1F. The minimum Gasteiger partial charge on any atom is -0.393 e. The molecule has 0 bridgehead atoms. The van der Waals surface area contributed by atoms with Gasteiger partial charge in [-0.25, -0.2) is 4.39 Å². The molecule has 4 rings (SSSR count). The van der Waals surface area contributed by atoms with Crippen LogP contribution in [-0.4, -0.2) is 42.2 Å². The lowest BCUT2D eigenvalue weighted by Crippen LogP contribution is -2.61. The van der Waals surface area contributed by atoms with E-state index in [-0.39, 0.29) is 30.7 Å². The predicted molar refractivity (Wildman–Crippen MR) is 145 cm³/mol. The van der Waals surface area contributed by atoms with Gasteiger partial charge < -0.3 is 19.9 Å². The average molecular weight is 584 g/mol. The second-order valence-electron chi connectivity index (χ2n) is 9.63. The molecule has 0 saturated carbocycles. The van der Waals surface area contributed by atoms with E-state index in [4.69, 9.17) is 9.47 Å². The van der Waals surface area contributed by atoms with Gasteiger partial charge in [0.25, 0.3) is 0 Å². The van der Waals surface area contributed by atoms with Crippen molar-refractivity contribution >= 4 is 27.6 Å². The van der Waals surface area contributed by atoms with Gasteiger partial charge >= 0.3 is 0 Å². The van der Waals surface area contributed by atoms with Gasteiger partial charge in [-0.1, -0.05) is 76.6 Å². The van der Waals surface area contributed by atoms with Crippen molar-refractivity contribution in [3.05, 3.63) is 106 Å². The van der Waals surface area contributed by atoms with E-state index in [0.717, 1.165) is 5.56 Å². The van der Waals surface area contributed by atoms with Crippen molar-refractivity contribution in [3.8, 4) is 0 Å². The van der Waals surface area contributed by atoms with Crippen LogP contribution in [0, 0.1) is 11.7 Å². The number of amides is 1. The van der Waals surface area contributed by atoms with Crippen molar-refractivity contribution in [2.24, 2.45) is 5.92 Å². The van der Waals surface area contributed by atoms with Crippen molar-refractivity contribution in [2.45, 2.75) is 44.1 Å². The number of Topliss-reactive ketones (excluding diaryl/α,β-unsaturated/α-hetero) is 1. The van der Waals surface area contributed by atoms with Crippen LogP contribution in [0.2, 0.25) is 0 Å².